The number of rotatable bonds is 8. The van der Waals surface area contributed by atoms with Crippen molar-refractivity contribution in [3.8, 4) is 22.6 Å². The number of hydrogen-bond acceptors (Lipinski definition) is 5. The minimum Gasteiger partial charge on any atom is -0.335 e. The Labute approximate surface area is 212 Å². The summed E-state index contributed by atoms with van der Waals surface area (Å²) in [6, 6.07) is 6.11. The number of aromatic amines is 2. The van der Waals surface area contributed by atoms with Gasteiger partial charge in [-0.15, -0.1) is 0 Å². The highest BCUT2D eigenvalue weighted by molar-refractivity contribution is 5.97. The molecule has 0 saturated heterocycles. The van der Waals surface area contributed by atoms with Crippen molar-refractivity contribution in [2.75, 3.05) is 13.1 Å². The van der Waals surface area contributed by atoms with Crippen molar-refractivity contribution in [3.63, 3.8) is 0 Å². The van der Waals surface area contributed by atoms with Crippen molar-refractivity contribution >= 4 is 27.5 Å². The molecule has 9 heteroatoms. The van der Waals surface area contributed by atoms with Crippen LogP contribution < -0.4 is 5.32 Å². The summed E-state index contributed by atoms with van der Waals surface area (Å²) in [7, 11) is 0. The van der Waals surface area contributed by atoms with Gasteiger partial charge >= 0.3 is 0 Å². The van der Waals surface area contributed by atoms with Gasteiger partial charge in [0.1, 0.15) is 17.2 Å². The predicted molar refractivity (Wildman–Crippen MR) is 143 cm³/mol. The highest BCUT2D eigenvalue weighted by Gasteiger charge is 2.21. The molecule has 0 aliphatic carbocycles. The highest BCUT2D eigenvalue weighted by atomic mass is 19.1. The van der Waals surface area contributed by atoms with E-state index in [4.69, 9.17) is 4.98 Å². The number of likely N-dealkylation sites (N-methyl/N-ethyl adjacent to an activating group) is 1. The number of fused-ring (bicyclic) bond motifs is 2. The molecule has 0 spiro atoms. The summed E-state index contributed by atoms with van der Waals surface area (Å²) < 4.78 is 29.5. The van der Waals surface area contributed by atoms with Crippen molar-refractivity contribution < 1.29 is 8.78 Å². The molecule has 5 rings (SSSR count). The maximum absolute atomic E-state index is 16.0. The van der Waals surface area contributed by atoms with Crippen LogP contribution in [0.1, 0.15) is 19.5 Å². The fraction of sp³-hybridized carbons (Fsp3) is 0.143. The molecule has 0 amide bonds. The first-order valence-corrected chi connectivity index (χ1v) is 11.9. The molecule has 4 aromatic heterocycles. The Morgan fingerprint density at radius 3 is 2.65 bits per heavy atom. The molecule has 37 heavy (non-hydrogen) atoms. The van der Waals surface area contributed by atoms with Gasteiger partial charge in [0.05, 0.1) is 34.3 Å². The van der Waals surface area contributed by atoms with E-state index in [-0.39, 0.29) is 16.9 Å². The van der Waals surface area contributed by atoms with E-state index in [2.05, 4.69) is 37.0 Å². The summed E-state index contributed by atoms with van der Waals surface area (Å²) in [5.74, 6) is -0.452. The second-order valence-electron chi connectivity index (χ2n) is 8.40. The van der Waals surface area contributed by atoms with Crippen molar-refractivity contribution in [1.82, 2.24) is 35.5 Å². The molecule has 186 valence electrons. The Bertz CT molecular complexity index is 1660. The van der Waals surface area contributed by atoms with Crippen LogP contribution in [0.4, 0.5) is 8.78 Å². The molecular formula is C28H25F2N7. The topological polar surface area (TPSA) is 95.2 Å². The summed E-state index contributed by atoms with van der Waals surface area (Å²) >= 11 is 0. The number of halogens is 2. The number of hydrogen-bond donors (Lipinski definition) is 3. The molecule has 3 N–H and O–H groups in total. The van der Waals surface area contributed by atoms with Gasteiger partial charge in [0.2, 0.25) is 0 Å². The zero-order valence-corrected chi connectivity index (χ0v) is 20.4. The fourth-order valence-corrected chi connectivity index (χ4v) is 4.17. The van der Waals surface area contributed by atoms with E-state index in [1.54, 1.807) is 36.8 Å². The number of nitrogens with one attached hydrogen (secondary N) is 3. The molecule has 0 aliphatic heterocycles. The fourth-order valence-electron chi connectivity index (χ4n) is 4.17. The predicted octanol–water partition coefficient (Wildman–Crippen LogP) is 5.97. The first-order valence-electron chi connectivity index (χ1n) is 11.9. The van der Waals surface area contributed by atoms with Crippen LogP contribution >= 0.6 is 0 Å². The Hall–Kier alpha value is -4.50. The van der Waals surface area contributed by atoms with E-state index in [1.807, 2.05) is 26.0 Å². The summed E-state index contributed by atoms with van der Waals surface area (Å²) in [5.41, 5.74) is 5.30. The van der Waals surface area contributed by atoms with Crippen LogP contribution in [0.2, 0.25) is 0 Å². The molecule has 1 aromatic carbocycles. The molecule has 0 saturated carbocycles. The lowest BCUT2D eigenvalue weighted by Gasteiger charge is -2.08. The van der Waals surface area contributed by atoms with Gasteiger partial charge in [-0.3, -0.25) is 15.1 Å². The van der Waals surface area contributed by atoms with Gasteiger partial charge in [-0.2, -0.15) is 5.10 Å². The van der Waals surface area contributed by atoms with Gasteiger partial charge in [0.15, 0.2) is 11.6 Å². The SMILES string of the molecule is C=C/C(=C\C(=C/C)c1ncc2[nH]nc(-c3nc4c(-c5ccc(F)cc5)cncc4[nH]3)c2c1F)CNCC. The van der Waals surface area contributed by atoms with E-state index >= 15 is 4.39 Å². The van der Waals surface area contributed by atoms with E-state index in [1.165, 1.54) is 12.1 Å². The third-order valence-corrected chi connectivity index (χ3v) is 6.08. The third kappa shape index (κ3) is 4.56. The molecule has 0 bridgehead atoms. The van der Waals surface area contributed by atoms with Crippen LogP contribution in [-0.4, -0.2) is 43.2 Å². The van der Waals surface area contributed by atoms with Crippen LogP contribution in [0.15, 0.2) is 73.2 Å². The summed E-state index contributed by atoms with van der Waals surface area (Å²) in [6.07, 6.45) is 10.3. The highest BCUT2D eigenvalue weighted by Crippen LogP contribution is 2.33. The molecular weight excluding hydrogens is 472 g/mol. The van der Waals surface area contributed by atoms with Gasteiger partial charge < -0.3 is 10.3 Å². The number of H-pyrrole nitrogens is 2. The Balaban J connectivity index is 1.62. The summed E-state index contributed by atoms with van der Waals surface area (Å²) in [5, 5.41) is 10.7. The van der Waals surface area contributed by atoms with E-state index in [9.17, 15) is 4.39 Å². The van der Waals surface area contributed by atoms with Crippen LogP contribution in [-0.2, 0) is 0 Å². The molecule has 0 fully saturated rings. The number of pyridine rings is 2. The Morgan fingerprint density at radius 1 is 1.11 bits per heavy atom. The Kier molecular flexibility index (Phi) is 6.70. The molecule has 0 unspecified atom stereocenters. The maximum Gasteiger partial charge on any atom is 0.161 e. The lowest BCUT2D eigenvalue weighted by molar-refractivity contribution is 0.628. The van der Waals surface area contributed by atoms with Crippen LogP contribution in [0.3, 0.4) is 0 Å². The van der Waals surface area contributed by atoms with Crippen molar-refractivity contribution in [2.45, 2.75) is 13.8 Å². The second kappa shape index (κ2) is 10.2. The molecule has 7 nitrogen and oxygen atoms in total. The molecule has 0 atom stereocenters. The minimum atomic E-state index is -0.505. The molecule has 5 aromatic rings. The minimum absolute atomic E-state index is 0.207. The van der Waals surface area contributed by atoms with Gasteiger partial charge in [-0.25, -0.2) is 13.8 Å². The van der Waals surface area contributed by atoms with Crippen molar-refractivity contribution in [2.24, 2.45) is 0 Å². The smallest absolute Gasteiger partial charge is 0.161 e. The largest absolute Gasteiger partial charge is 0.335 e. The monoisotopic (exact) mass is 497 g/mol. The first-order chi connectivity index (χ1) is 18.0. The second-order valence-corrected chi connectivity index (χ2v) is 8.40. The van der Waals surface area contributed by atoms with Crippen molar-refractivity contribution in [3.05, 3.63) is 90.6 Å². The molecule has 0 aliphatic rings. The molecule has 0 radical (unpaired) electrons. The molecule has 4 heterocycles. The van der Waals surface area contributed by atoms with E-state index in [0.717, 1.165) is 23.2 Å². The van der Waals surface area contributed by atoms with Gasteiger partial charge in [-0.1, -0.05) is 37.8 Å². The maximum atomic E-state index is 16.0. The number of benzene rings is 1. The average molecular weight is 498 g/mol. The lowest BCUT2D eigenvalue weighted by Crippen LogP contribution is -2.15. The van der Waals surface area contributed by atoms with E-state index in [0.29, 0.717) is 40.2 Å². The first kappa shape index (κ1) is 24.2. The zero-order chi connectivity index (χ0) is 25.9. The lowest BCUT2D eigenvalue weighted by atomic mass is 10.0. The van der Waals surface area contributed by atoms with Gasteiger partial charge in [0, 0.05) is 18.3 Å². The van der Waals surface area contributed by atoms with Crippen LogP contribution in [0, 0.1) is 11.6 Å². The van der Waals surface area contributed by atoms with Crippen LogP contribution in [0.25, 0.3) is 50.2 Å². The van der Waals surface area contributed by atoms with E-state index < -0.39 is 5.82 Å². The zero-order valence-electron chi connectivity index (χ0n) is 20.4. The Morgan fingerprint density at radius 2 is 1.92 bits per heavy atom. The quantitative estimate of drug-likeness (QED) is 0.230. The van der Waals surface area contributed by atoms with Gasteiger partial charge in [0.25, 0.3) is 0 Å². The number of aromatic nitrogens is 6. The third-order valence-electron chi connectivity index (χ3n) is 6.08. The number of allylic oxidation sites excluding steroid dienone is 3. The summed E-state index contributed by atoms with van der Waals surface area (Å²) in [6.45, 7) is 9.14. The number of nitrogens with zero attached hydrogens (tertiary/aromatic N) is 4. The normalized spacial score (nSPS) is 12.5. The average Bonchev–Trinajstić information content (AvgIpc) is 3.55. The number of imidazole rings is 1. The standard InChI is InChI=1S/C28H25F2N7/c1-4-16(12-31-6-3)11-17(5-2)25-24(30)23-21(15-33-25)36-37-27(23)28-34-22-14-32-13-20(26(22)35-28)18-7-9-19(29)10-8-18/h4-5,7-11,13-15,31H,1,6,12H2,2-3H3,(H,34,35)(H,36,37)/b16-11+,17-5+. The van der Waals surface area contributed by atoms with Crippen LogP contribution in [0.5, 0.6) is 0 Å². The summed E-state index contributed by atoms with van der Waals surface area (Å²) in [4.78, 5) is 16.6. The van der Waals surface area contributed by atoms with Crippen molar-refractivity contribution in [1.29, 1.82) is 0 Å². The van der Waals surface area contributed by atoms with Gasteiger partial charge in [-0.05, 0) is 48.4 Å².